The number of amides is 1. The van der Waals surface area contributed by atoms with Crippen molar-refractivity contribution >= 4 is 23.4 Å². The van der Waals surface area contributed by atoms with Gasteiger partial charge in [-0.2, -0.15) is 0 Å². The first-order valence-electron chi connectivity index (χ1n) is 13.0. The lowest BCUT2D eigenvalue weighted by Gasteiger charge is -2.40. The number of rotatable bonds is 0. The lowest BCUT2D eigenvalue weighted by atomic mass is 10.1. The van der Waals surface area contributed by atoms with E-state index in [1.165, 1.54) is 5.56 Å². The van der Waals surface area contributed by atoms with Crippen molar-refractivity contribution in [3.63, 3.8) is 0 Å². The number of nitrogens with one attached hydrogen (secondary N) is 1. The van der Waals surface area contributed by atoms with Gasteiger partial charge in [-0.15, -0.1) is 0 Å². The molecular weight excluding hydrogens is 464 g/mol. The molecule has 9 heteroatoms. The second-order valence-corrected chi connectivity index (χ2v) is 10.1. The van der Waals surface area contributed by atoms with E-state index in [9.17, 15) is 4.79 Å². The second-order valence-electron chi connectivity index (χ2n) is 10.1. The molecule has 0 spiro atoms. The van der Waals surface area contributed by atoms with Crippen LogP contribution in [-0.2, 0) is 11.3 Å². The molecule has 3 atom stereocenters. The van der Waals surface area contributed by atoms with Crippen molar-refractivity contribution in [1.29, 1.82) is 0 Å². The highest BCUT2D eigenvalue weighted by atomic mass is 16.2. The maximum absolute atomic E-state index is 12.9. The van der Waals surface area contributed by atoms with Crippen LogP contribution in [0.25, 0.3) is 11.3 Å². The molecule has 9 nitrogen and oxygen atoms in total. The van der Waals surface area contributed by atoms with Gasteiger partial charge in [-0.1, -0.05) is 12.1 Å². The first-order valence-corrected chi connectivity index (χ1v) is 13.0. The molecule has 1 amide bonds. The van der Waals surface area contributed by atoms with Gasteiger partial charge in [0.25, 0.3) is 0 Å². The van der Waals surface area contributed by atoms with Crippen LogP contribution in [0.1, 0.15) is 18.9 Å². The summed E-state index contributed by atoms with van der Waals surface area (Å²) in [4.78, 5) is 35.5. The molecule has 2 aromatic heterocycles. The van der Waals surface area contributed by atoms with Gasteiger partial charge in [-0.3, -0.25) is 14.6 Å². The summed E-state index contributed by atoms with van der Waals surface area (Å²) < 4.78 is 0. The van der Waals surface area contributed by atoms with E-state index in [2.05, 4.69) is 55.1 Å². The predicted octanol–water partition coefficient (Wildman–Crippen LogP) is 3.09. The molecule has 3 aromatic rings. The van der Waals surface area contributed by atoms with E-state index < -0.39 is 0 Å². The van der Waals surface area contributed by atoms with E-state index in [-0.39, 0.29) is 5.91 Å². The summed E-state index contributed by atoms with van der Waals surface area (Å²) in [6.07, 6.45) is 4.50. The average molecular weight is 501 g/mol. The van der Waals surface area contributed by atoms with Crippen molar-refractivity contribution < 1.29 is 4.79 Å². The molecular formula is C28H36N8O. The molecule has 8 rings (SSSR count). The van der Waals surface area contributed by atoms with Crippen LogP contribution in [0.2, 0.25) is 0 Å². The largest absolute Gasteiger partial charge is 0.360 e. The highest BCUT2D eigenvalue weighted by Gasteiger charge is 2.26. The molecule has 5 aliphatic rings. The Morgan fingerprint density at radius 2 is 1.81 bits per heavy atom. The third-order valence-corrected chi connectivity index (χ3v) is 7.28. The Balaban J connectivity index is 1.40. The highest BCUT2D eigenvalue weighted by Crippen LogP contribution is 2.22. The number of likely N-dealkylation sites (N-methyl/N-ethyl adjacent to an activating group) is 1. The number of anilines is 3. The van der Waals surface area contributed by atoms with Crippen LogP contribution >= 0.6 is 0 Å². The monoisotopic (exact) mass is 500 g/mol. The van der Waals surface area contributed by atoms with Gasteiger partial charge in [0.15, 0.2) is 0 Å². The Labute approximate surface area is 219 Å². The van der Waals surface area contributed by atoms with Crippen LogP contribution in [0.4, 0.5) is 17.5 Å². The minimum absolute atomic E-state index is 0.186. The fourth-order valence-electron chi connectivity index (χ4n) is 5.00. The van der Waals surface area contributed by atoms with Crippen LogP contribution in [0.3, 0.4) is 0 Å². The molecule has 0 aliphatic carbocycles. The number of pyridine rings is 1. The Kier molecular flexibility index (Phi) is 7.62. The summed E-state index contributed by atoms with van der Waals surface area (Å²) in [7, 11) is 3.94. The minimum atomic E-state index is 0.186. The summed E-state index contributed by atoms with van der Waals surface area (Å²) >= 11 is 0. The summed E-state index contributed by atoms with van der Waals surface area (Å²) in [6, 6.07) is 14.7. The number of piperazine rings is 1. The molecule has 1 N–H and O–H groups in total. The molecule has 194 valence electrons. The number of carbonyl (C=O) groups is 1. The van der Waals surface area contributed by atoms with E-state index in [0.29, 0.717) is 18.5 Å². The standard InChI is InChI=1S/C28H36N8O/c1-21-18-35-14-15-36(21)19-22-6-4-7-24(16-22)31-28-29-11-10-25(32-28)23-8-9-26(30-17-23)33(2)12-5-13-34(3)27(37)20-35/h4,6-11,16-17,21H,5,12-15,18-20H2,1-3H3,(H,29,31,32). The number of hydrogen-bond acceptors (Lipinski definition) is 8. The summed E-state index contributed by atoms with van der Waals surface area (Å²) in [5.41, 5.74) is 3.95. The van der Waals surface area contributed by atoms with Crippen LogP contribution in [0.15, 0.2) is 54.9 Å². The van der Waals surface area contributed by atoms with Crippen LogP contribution in [0, 0.1) is 0 Å². The first-order chi connectivity index (χ1) is 17.9. The van der Waals surface area contributed by atoms with E-state index >= 15 is 0 Å². The Bertz CT molecular complexity index is 1220. The normalized spacial score (nSPS) is 23.1. The third kappa shape index (κ3) is 6.23. The number of benzene rings is 1. The first kappa shape index (κ1) is 25.1. The van der Waals surface area contributed by atoms with E-state index in [4.69, 9.17) is 4.98 Å². The second kappa shape index (κ2) is 11.2. The fourth-order valence-corrected chi connectivity index (χ4v) is 5.00. The lowest BCUT2D eigenvalue weighted by molar-refractivity contribution is -0.131. The van der Waals surface area contributed by atoms with Crippen molar-refractivity contribution in [1.82, 2.24) is 29.7 Å². The molecule has 7 heterocycles. The van der Waals surface area contributed by atoms with Gasteiger partial charge < -0.3 is 15.1 Å². The van der Waals surface area contributed by atoms with Gasteiger partial charge in [0, 0.05) is 83.1 Å². The Morgan fingerprint density at radius 3 is 2.62 bits per heavy atom. The van der Waals surface area contributed by atoms with Gasteiger partial charge in [0.05, 0.1) is 12.2 Å². The predicted molar refractivity (Wildman–Crippen MR) is 147 cm³/mol. The maximum Gasteiger partial charge on any atom is 0.236 e. The minimum Gasteiger partial charge on any atom is -0.360 e. The Hall–Kier alpha value is -3.56. The Morgan fingerprint density at radius 1 is 0.946 bits per heavy atom. The van der Waals surface area contributed by atoms with Crippen molar-refractivity contribution in [3.8, 4) is 11.3 Å². The van der Waals surface area contributed by atoms with Gasteiger partial charge in [0.1, 0.15) is 5.82 Å². The van der Waals surface area contributed by atoms with E-state index in [0.717, 1.165) is 68.5 Å². The smallest absolute Gasteiger partial charge is 0.236 e. The average Bonchev–Trinajstić information content (AvgIpc) is 2.90. The molecule has 37 heavy (non-hydrogen) atoms. The fraction of sp³-hybridized carbons (Fsp3) is 0.429. The van der Waals surface area contributed by atoms with Crippen LogP contribution in [0.5, 0.6) is 0 Å². The molecule has 1 aromatic carbocycles. The van der Waals surface area contributed by atoms with Crippen molar-refractivity contribution in [2.45, 2.75) is 25.9 Å². The maximum atomic E-state index is 12.9. The van der Waals surface area contributed by atoms with Gasteiger partial charge in [-0.05, 0) is 49.2 Å². The lowest BCUT2D eigenvalue weighted by Crippen LogP contribution is -2.53. The number of carbonyl (C=O) groups excluding carboxylic acids is 1. The molecule has 1 fully saturated rings. The van der Waals surface area contributed by atoms with Crippen molar-refractivity contribution in [3.05, 3.63) is 60.4 Å². The number of nitrogens with zero attached hydrogens (tertiary/aromatic N) is 7. The highest BCUT2D eigenvalue weighted by molar-refractivity contribution is 5.78. The number of aromatic nitrogens is 3. The molecule has 0 radical (unpaired) electrons. The van der Waals surface area contributed by atoms with E-state index in [1.807, 2.05) is 49.5 Å². The van der Waals surface area contributed by atoms with Gasteiger partial charge in [0.2, 0.25) is 11.9 Å². The summed E-state index contributed by atoms with van der Waals surface area (Å²) in [5, 5.41) is 3.37. The number of hydrogen-bond donors (Lipinski definition) is 1. The third-order valence-electron chi connectivity index (χ3n) is 7.28. The van der Waals surface area contributed by atoms with Gasteiger partial charge >= 0.3 is 0 Å². The zero-order chi connectivity index (χ0) is 25.8. The van der Waals surface area contributed by atoms with Gasteiger partial charge in [-0.25, -0.2) is 15.0 Å². The van der Waals surface area contributed by atoms with Crippen molar-refractivity contribution in [2.24, 2.45) is 0 Å². The topological polar surface area (TPSA) is 80.7 Å². The summed E-state index contributed by atoms with van der Waals surface area (Å²) in [6.45, 7) is 7.86. The van der Waals surface area contributed by atoms with Crippen LogP contribution < -0.4 is 10.2 Å². The van der Waals surface area contributed by atoms with Crippen LogP contribution in [-0.4, -0.2) is 95.0 Å². The molecule has 8 bridgehead atoms. The molecule has 3 unspecified atom stereocenters. The van der Waals surface area contributed by atoms with Crippen molar-refractivity contribution in [2.75, 3.05) is 63.6 Å². The zero-order valence-corrected chi connectivity index (χ0v) is 22.0. The quantitative estimate of drug-likeness (QED) is 0.505. The molecule has 1 saturated heterocycles. The SMILES string of the molecule is CC1CN2CCN1Cc1cccc(c1)Nc1nccc(n1)-c1ccc(nc1)N(C)CCCN(C)C(=O)C2. The molecule has 5 aliphatic heterocycles. The van der Waals surface area contributed by atoms with E-state index in [1.54, 1.807) is 6.20 Å². The zero-order valence-electron chi connectivity index (χ0n) is 22.0. The summed E-state index contributed by atoms with van der Waals surface area (Å²) in [5.74, 6) is 1.64. The molecule has 0 saturated carbocycles.